The normalized spacial score (nSPS) is 14.6. The maximum absolute atomic E-state index is 12.0. The maximum atomic E-state index is 12.0. The summed E-state index contributed by atoms with van der Waals surface area (Å²) in [5.41, 5.74) is 1.07. The number of unbranched alkanes of at least 4 members (excludes halogenated alkanes) is 4. The molecule has 4 atom stereocenters. The van der Waals surface area contributed by atoms with Crippen LogP contribution in [0.4, 0.5) is 0 Å². The number of hydrogen-bond donors (Lipinski definition) is 2. The summed E-state index contributed by atoms with van der Waals surface area (Å²) in [7, 11) is 0. The number of hydrogen-bond acceptors (Lipinski definition) is 6. The van der Waals surface area contributed by atoms with Gasteiger partial charge in [0.25, 0.3) is 0 Å². The van der Waals surface area contributed by atoms with Gasteiger partial charge in [-0.15, -0.1) is 0 Å². The highest BCUT2D eigenvalue weighted by atomic mass is 16.7. The summed E-state index contributed by atoms with van der Waals surface area (Å²) in [4.78, 5) is 24.1. The largest absolute Gasteiger partial charge is 0.478 e. The molecule has 0 radical (unpaired) electrons. The minimum Gasteiger partial charge on any atom is -0.478 e. The summed E-state index contributed by atoms with van der Waals surface area (Å²) in [6.45, 7) is 12.6. The molecule has 0 bridgehead atoms. The first-order chi connectivity index (χ1) is 19.2. The summed E-state index contributed by atoms with van der Waals surface area (Å²) in [5.74, 6) is -2.20. The van der Waals surface area contributed by atoms with Crippen molar-refractivity contribution in [3.8, 4) is 0 Å². The molecule has 0 heterocycles. The van der Waals surface area contributed by atoms with Crippen molar-refractivity contribution in [2.75, 3.05) is 13.2 Å². The van der Waals surface area contributed by atoms with Gasteiger partial charge in [0.2, 0.25) is 0 Å². The summed E-state index contributed by atoms with van der Waals surface area (Å²) >= 11 is 0. The fraction of sp³-hybridized carbons (Fsp3) is 0.750. The molecule has 40 heavy (non-hydrogen) atoms. The van der Waals surface area contributed by atoms with E-state index in [4.69, 9.17) is 18.9 Å². The minimum absolute atomic E-state index is 0.0782. The van der Waals surface area contributed by atoms with Crippen LogP contribution < -0.4 is 0 Å². The zero-order valence-electron chi connectivity index (χ0n) is 25.7. The van der Waals surface area contributed by atoms with Crippen LogP contribution in [0, 0.1) is 0 Å². The zero-order valence-corrected chi connectivity index (χ0v) is 25.7. The third kappa shape index (κ3) is 13.6. The fourth-order valence-electron chi connectivity index (χ4n) is 4.92. The van der Waals surface area contributed by atoms with Crippen LogP contribution in [0.2, 0.25) is 0 Å². The second-order valence-corrected chi connectivity index (χ2v) is 10.4. The van der Waals surface area contributed by atoms with Crippen molar-refractivity contribution in [1.82, 2.24) is 0 Å². The highest BCUT2D eigenvalue weighted by Gasteiger charge is 2.22. The second-order valence-electron chi connectivity index (χ2n) is 10.4. The van der Waals surface area contributed by atoms with Crippen LogP contribution in [-0.4, -0.2) is 60.2 Å². The lowest BCUT2D eigenvalue weighted by atomic mass is 9.92. The highest BCUT2D eigenvalue weighted by molar-refractivity contribution is 5.95. The van der Waals surface area contributed by atoms with Gasteiger partial charge in [0.15, 0.2) is 12.6 Å². The Labute approximate surface area is 241 Å². The molecule has 8 heteroatoms. The Morgan fingerprint density at radius 2 is 1.05 bits per heavy atom. The van der Waals surface area contributed by atoms with Gasteiger partial charge < -0.3 is 29.2 Å². The molecule has 1 aromatic rings. The van der Waals surface area contributed by atoms with Crippen molar-refractivity contribution in [1.29, 1.82) is 0 Å². The van der Waals surface area contributed by atoms with Gasteiger partial charge >= 0.3 is 11.9 Å². The van der Waals surface area contributed by atoms with E-state index in [0.717, 1.165) is 51.4 Å². The highest BCUT2D eigenvalue weighted by Crippen LogP contribution is 2.23. The van der Waals surface area contributed by atoms with Crippen molar-refractivity contribution in [3.05, 3.63) is 34.4 Å². The summed E-state index contributed by atoms with van der Waals surface area (Å²) in [6.07, 6.45) is 10.4. The first-order valence-electron chi connectivity index (χ1n) is 15.3. The average molecular weight is 567 g/mol. The van der Waals surface area contributed by atoms with Gasteiger partial charge in [-0.25, -0.2) is 9.59 Å². The van der Waals surface area contributed by atoms with Gasteiger partial charge in [0.1, 0.15) is 0 Å². The Hall–Kier alpha value is -2.00. The van der Waals surface area contributed by atoms with Gasteiger partial charge in [-0.05, 0) is 75.6 Å². The van der Waals surface area contributed by atoms with Crippen LogP contribution in [-0.2, 0) is 31.8 Å². The molecule has 230 valence electrons. The van der Waals surface area contributed by atoms with E-state index < -0.39 is 24.5 Å². The lowest BCUT2D eigenvalue weighted by Gasteiger charge is -2.23. The SMILES string of the molecule is CCCCCC(CC)OC(C)OCCc1c(C(=O)O)ccc(C(=O)O)c1CCOC(C)OC(CC)CCCCC. The maximum Gasteiger partial charge on any atom is 0.335 e. The summed E-state index contributed by atoms with van der Waals surface area (Å²) in [6, 6.07) is 2.72. The molecule has 0 aliphatic rings. The van der Waals surface area contributed by atoms with Gasteiger partial charge in [-0.2, -0.15) is 0 Å². The van der Waals surface area contributed by atoms with Crippen LogP contribution in [0.3, 0.4) is 0 Å². The molecule has 0 amide bonds. The van der Waals surface area contributed by atoms with Gasteiger partial charge in [0.05, 0.1) is 36.5 Å². The first-order valence-corrected chi connectivity index (χ1v) is 15.3. The van der Waals surface area contributed by atoms with Crippen LogP contribution >= 0.6 is 0 Å². The van der Waals surface area contributed by atoms with Crippen molar-refractivity contribution in [3.63, 3.8) is 0 Å². The third-order valence-electron chi connectivity index (χ3n) is 7.24. The molecule has 0 aliphatic heterocycles. The Morgan fingerprint density at radius 3 is 1.35 bits per heavy atom. The molecule has 1 aromatic carbocycles. The molecule has 0 saturated carbocycles. The zero-order chi connectivity index (χ0) is 29.9. The number of benzene rings is 1. The predicted octanol–water partition coefficient (Wildman–Crippen LogP) is 7.64. The molecule has 1 rings (SSSR count). The van der Waals surface area contributed by atoms with E-state index in [2.05, 4.69) is 27.7 Å². The summed E-state index contributed by atoms with van der Waals surface area (Å²) < 4.78 is 23.9. The smallest absolute Gasteiger partial charge is 0.335 e. The van der Waals surface area contributed by atoms with E-state index in [1.807, 2.05) is 13.8 Å². The van der Waals surface area contributed by atoms with Crippen molar-refractivity contribution >= 4 is 11.9 Å². The molecule has 4 unspecified atom stereocenters. The van der Waals surface area contributed by atoms with E-state index in [-0.39, 0.29) is 49.4 Å². The predicted molar refractivity (Wildman–Crippen MR) is 157 cm³/mol. The summed E-state index contributed by atoms with van der Waals surface area (Å²) in [5, 5.41) is 19.7. The average Bonchev–Trinajstić information content (AvgIpc) is 2.92. The first kappa shape index (κ1) is 36.0. The minimum atomic E-state index is -1.10. The standard InChI is InChI=1S/C32H54O8/c1-7-11-13-15-25(9-3)39-23(5)37-21-19-27-28(30(32(35)36)18-17-29(27)31(33)34)20-22-38-24(6)40-26(10-4)16-14-12-8-2/h17-18,23-26H,7-16,19-22H2,1-6H3,(H,33,34)(H,35,36). The van der Waals surface area contributed by atoms with E-state index >= 15 is 0 Å². The van der Waals surface area contributed by atoms with E-state index in [1.54, 1.807) is 0 Å². The number of ether oxygens (including phenoxy) is 4. The van der Waals surface area contributed by atoms with Gasteiger partial charge in [-0.1, -0.05) is 66.2 Å². The van der Waals surface area contributed by atoms with E-state index in [0.29, 0.717) is 11.1 Å². The van der Waals surface area contributed by atoms with Crippen LogP contribution in [0.5, 0.6) is 0 Å². The lowest BCUT2D eigenvalue weighted by molar-refractivity contribution is -0.162. The Kier molecular flexibility index (Phi) is 18.7. The molecule has 0 saturated heterocycles. The number of carbonyl (C=O) groups is 2. The lowest BCUT2D eigenvalue weighted by Crippen LogP contribution is -2.24. The number of rotatable bonds is 24. The molecule has 0 spiro atoms. The van der Waals surface area contributed by atoms with Crippen LogP contribution in [0.1, 0.15) is 138 Å². The van der Waals surface area contributed by atoms with Crippen LogP contribution in [0.25, 0.3) is 0 Å². The Morgan fingerprint density at radius 1 is 0.675 bits per heavy atom. The Balaban J connectivity index is 2.89. The van der Waals surface area contributed by atoms with Crippen LogP contribution in [0.15, 0.2) is 12.1 Å². The number of carboxylic acids is 2. The monoisotopic (exact) mass is 566 g/mol. The van der Waals surface area contributed by atoms with Crippen molar-refractivity contribution in [2.45, 2.75) is 143 Å². The topological polar surface area (TPSA) is 112 Å². The quantitative estimate of drug-likeness (QED) is 0.0969. The molecule has 0 aromatic heterocycles. The van der Waals surface area contributed by atoms with Crippen molar-refractivity contribution in [2.24, 2.45) is 0 Å². The Bertz CT molecular complexity index is 787. The molecular formula is C32H54O8. The fourth-order valence-corrected chi connectivity index (χ4v) is 4.92. The molecule has 0 fully saturated rings. The van der Waals surface area contributed by atoms with Crippen molar-refractivity contribution < 1.29 is 38.7 Å². The van der Waals surface area contributed by atoms with Gasteiger partial charge in [-0.3, -0.25) is 0 Å². The number of aromatic carboxylic acids is 2. The molecule has 0 aliphatic carbocycles. The molecule has 2 N–H and O–H groups in total. The van der Waals surface area contributed by atoms with E-state index in [9.17, 15) is 19.8 Å². The van der Waals surface area contributed by atoms with Gasteiger partial charge in [0, 0.05) is 0 Å². The number of carboxylic acid groups (broad SMARTS) is 2. The van der Waals surface area contributed by atoms with E-state index in [1.165, 1.54) is 25.0 Å². The second kappa shape index (κ2) is 20.8. The third-order valence-corrected chi connectivity index (χ3v) is 7.24. The molecular weight excluding hydrogens is 512 g/mol. The molecule has 8 nitrogen and oxygen atoms in total.